The second kappa shape index (κ2) is 8.52. The van der Waals surface area contributed by atoms with Crippen molar-refractivity contribution >= 4 is 33.6 Å². The molecule has 0 bridgehead atoms. The Bertz CT molecular complexity index is 802. The number of carbonyl (C=O) groups excluding carboxylic acids is 2. The van der Waals surface area contributed by atoms with Crippen molar-refractivity contribution < 1.29 is 22.8 Å². The van der Waals surface area contributed by atoms with E-state index in [-0.39, 0.29) is 6.54 Å². The summed E-state index contributed by atoms with van der Waals surface area (Å²) in [5, 5.41) is 6.85. The molecule has 2 rings (SSSR count). The van der Waals surface area contributed by atoms with Crippen LogP contribution in [-0.2, 0) is 11.3 Å². The maximum atomic E-state index is 13.4. The van der Waals surface area contributed by atoms with Crippen LogP contribution in [0.3, 0.4) is 0 Å². The van der Waals surface area contributed by atoms with Crippen molar-refractivity contribution in [2.24, 2.45) is 0 Å². The van der Waals surface area contributed by atoms with Crippen LogP contribution in [-0.4, -0.2) is 18.5 Å². The topological polar surface area (TPSA) is 70.2 Å². The van der Waals surface area contributed by atoms with Crippen molar-refractivity contribution in [3.63, 3.8) is 0 Å². The molecule has 5 nitrogen and oxygen atoms in total. The molecule has 2 aromatic carbocycles. The fourth-order valence-corrected chi connectivity index (χ4v) is 2.32. The van der Waals surface area contributed by atoms with E-state index in [2.05, 4.69) is 26.6 Å². The van der Waals surface area contributed by atoms with Gasteiger partial charge in [0.15, 0.2) is 17.5 Å². The van der Waals surface area contributed by atoms with Crippen LogP contribution in [0.4, 0.5) is 23.7 Å². The lowest BCUT2D eigenvalue weighted by atomic mass is 10.2. The van der Waals surface area contributed by atoms with E-state index in [1.54, 1.807) is 0 Å². The summed E-state index contributed by atoms with van der Waals surface area (Å²) in [5.74, 6) is -5.34. The molecule has 132 valence electrons. The van der Waals surface area contributed by atoms with Crippen LogP contribution in [0, 0.1) is 17.5 Å². The Morgan fingerprint density at radius 3 is 2.48 bits per heavy atom. The highest BCUT2D eigenvalue weighted by Crippen LogP contribution is 2.19. The first-order chi connectivity index (χ1) is 11.9. The number of rotatable bonds is 5. The molecule has 0 saturated heterocycles. The van der Waals surface area contributed by atoms with Crippen molar-refractivity contribution in [1.29, 1.82) is 0 Å². The molecular weight excluding hydrogens is 403 g/mol. The lowest BCUT2D eigenvalue weighted by molar-refractivity contribution is -0.115. The summed E-state index contributed by atoms with van der Waals surface area (Å²) in [4.78, 5) is 23.3. The molecule has 25 heavy (non-hydrogen) atoms. The molecule has 0 heterocycles. The van der Waals surface area contributed by atoms with Crippen LogP contribution < -0.4 is 16.0 Å². The van der Waals surface area contributed by atoms with Crippen LogP contribution in [0.5, 0.6) is 0 Å². The standard InChI is InChI=1S/C16H13BrF3N3O2/c17-10-3-1-2-9(6-10)7-21-16(25)22-8-13(24)23-12-5-4-11(18)14(19)15(12)20/h1-6H,7-8H2,(H,23,24)(H2,21,22,25). The predicted octanol–water partition coefficient (Wildman–Crippen LogP) is 3.30. The smallest absolute Gasteiger partial charge is 0.315 e. The highest BCUT2D eigenvalue weighted by molar-refractivity contribution is 9.10. The third-order valence-corrected chi connectivity index (χ3v) is 3.55. The van der Waals surface area contributed by atoms with Crippen LogP contribution in [0.15, 0.2) is 40.9 Å². The quantitative estimate of drug-likeness (QED) is 0.655. The lowest BCUT2D eigenvalue weighted by Gasteiger charge is -2.09. The molecule has 0 fully saturated rings. The summed E-state index contributed by atoms with van der Waals surface area (Å²) in [7, 11) is 0. The maximum absolute atomic E-state index is 13.4. The minimum absolute atomic E-state index is 0.241. The third kappa shape index (κ3) is 5.49. The molecule has 0 aliphatic carbocycles. The van der Waals surface area contributed by atoms with Gasteiger partial charge in [-0.1, -0.05) is 28.1 Å². The normalized spacial score (nSPS) is 10.2. The Kier molecular flexibility index (Phi) is 6.40. The average Bonchev–Trinajstić information content (AvgIpc) is 2.59. The van der Waals surface area contributed by atoms with Gasteiger partial charge in [0.25, 0.3) is 0 Å². The van der Waals surface area contributed by atoms with Crippen molar-refractivity contribution in [1.82, 2.24) is 10.6 Å². The van der Waals surface area contributed by atoms with Gasteiger partial charge in [0.05, 0.1) is 12.2 Å². The molecule has 0 radical (unpaired) electrons. The van der Waals surface area contributed by atoms with Gasteiger partial charge in [-0.05, 0) is 29.8 Å². The number of carbonyl (C=O) groups is 2. The van der Waals surface area contributed by atoms with E-state index in [9.17, 15) is 22.8 Å². The molecule has 3 N–H and O–H groups in total. The number of amides is 3. The Labute approximate surface area is 149 Å². The van der Waals surface area contributed by atoms with Gasteiger partial charge in [-0.25, -0.2) is 18.0 Å². The molecule has 2 aromatic rings. The fourth-order valence-electron chi connectivity index (χ4n) is 1.87. The molecule has 9 heteroatoms. The summed E-state index contributed by atoms with van der Waals surface area (Å²) < 4.78 is 40.2. The van der Waals surface area contributed by atoms with Gasteiger partial charge in [-0.15, -0.1) is 0 Å². The summed E-state index contributed by atoms with van der Waals surface area (Å²) >= 11 is 3.30. The van der Waals surface area contributed by atoms with E-state index in [0.29, 0.717) is 6.07 Å². The minimum Gasteiger partial charge on any atom is -0.334 e. The molecule has 0 aliphatic heterocycles. The number of hydrogen-bond acceptors (Lipinski definition) is 2. The Hall–Kier alpha value is -2.55. The molecule has 0 saturated carbocycles. The first kappa shape index (κ1) is 18.8. The molecule has 0 atom stereocenters. The Morgan fingerprint density at radius 2 is 1.76 bits per heavy atom. The fraction of sp³-hybridized carbons (Fsp3) is 0.125. The van der Waals surface area contributed by atoms with Crippen LogP contribution in [0.2, 0.25) is 0 Å². The molecule has 3 amide bonds. The zero-order valence-electron chi connectivity index (χ0n) is 12.7. The first-order valence-electron chi connectivity index (χ1n) is 7.06. The van der Waals surface area contributed by atoms with Gasteiger partial charge in [0.2, 0.25) is 5.91 Å². The molecule has 0 aromatic heterocycles. The summed E-state index contributed by atoms with van der Waals surface area (Å²) in [6, 6.07) is 8.24. The lowest BCUT2D eigenvalue weighted by Crippen LogP contribution is -2.39. The molecular formula is C16H13BrF3N3O2. The van der Waals surface area contributed by atoms with Gasteiger partial charge in [-0.3, -0.25) is 4.79 Å². The van der Waals surface area contributed by atoms with Gasteiger partial charge in [0, 0.05) is 11.0 Å². The van der Waals surface area contributed by atoms with E-state index in [0.717, 1.165) is 16.1 Å². The van der Waals surface area contributed by atoms with Crippen molar-refractivity contribution in [2.75, 3.05) is 11.9 Å². The second-order valence-electron chi connectivity index (χ2n) is 4.94. The van der Waals surface area contributed by atoms with Gasteiger partial charge >= 0.3 is 6.03 Å². The minimum atomic E-state index is -1.68. The number of halogens is 4. The van der Waals surface area contributed by atoms with Gasteiger partial charge in [0.1, 0.15) is 0 Å². The number of urea groups is 1. The van der Waals surface area contributed by atoms with E-state index >= 15 is 0 Å². The molecule has 0 aliphatic rings. The highest BCUT2D eigenvalue weighted by atomic mass is 79.9. The number of hydrogen-bond donors (Lipinski definition) is 3. The first-order valence-corrected chi connectivity index (χ1v) is 7.85. The Morgan fingerprint density at radius 1 is 1.00 bits per heavy atom. The van der Waals surface area contributed by atoms with Gasteiger partial charge in [-0.2, -0.15) is 0 Å². The second-order valence-corrected chi connectivity index (χ2v) is 5.85. The van der Waals surface area contributed by atoms with Crippen molar-refractivity contribution in [2.45, 2.75) is 6.54 Å². The maximum Gasteiger partial charge on any atom is 0.315 e. The highest BCUT2D eigenvalue weighted by Gasteiger charge is 2.15. The van der Waals surface area contributed by atoms with Gasteiger partial charge < -0.3 is 16.0 Å². The zero-order chi connectivity index (χ0) is 18.4. The monoisotopic (exact) mass is 415 g/mol. The predicted molar refractivity (Wildman–Crippen MR) is 89.3 cm³/mol. The van der Waals surface area contributed by atoms with Crippen molar-refractivity contribution in [3.8, 4) is 0 Å². The largest absolute Gasteiger partial charge is 0.334 e. The van der Waals surface area contributed by atoms with E-state index in [4.69, 9.17) is 0 Å². The van der Waals surface area contributed by atoms with Crippen LogP contribution in [0.25, 0.3) is 0 Å². The zero-order valence-corrected chi connectivity index (χ0v) is 14.3. The van der Waals surface area contributed by atoms with E-state index in [1.807, 2.05) is 29.6 Å². The van der Waals surface area contributed by atoms with E-state index in [1.165, 1.54) is 0 Å². The summed E-state index contributed by atoms with van der Waals surface area (Å²) in [5.41, 5.74) is 0.332. The summed E-state index contributed by atoms with van der Waals surface area (Å²) in [6.45, 7) is -0.229. The van der Waals surface area contributed by atoms with E-state index < -0.39 is 41.6 Å². The SMILES string of the molecule is O=C(CNC(=O)NCc1cccc(Br)c1)Nc1ccc(F)c(F)c1F. The summed E-state index contributed by atoms with van der Waals surface area (Å²) in [6.07, 6.45) is 0. The number of nitrogens with one attached hydrogen (secondary N) is 3. The Balaban J connectivity index is 1.80. The van der Waals surface area contributed by atoms with Crippen LogP contribution >= 0.6 is 15.9 Å². The van der Waals surface area contributed by atoms with Crippen molar-refractivity contribution in [3.05, 3.63) is 63.9 Å². The number of benzene rings is 2. The average molecular weight is 416 g/mol. The third-order valence-electron chi connectivity index (χ3n) is 3.06. The molecule has 0 spiro atoms. The van der Waals surface area contributed by atoms with Crippen LogP contribution in [0.1, 0.15) is 5.56 Å². The molecule has 0 unspecified atom stereocenters. The number of anilines is 1.